The molecular weight excluding hydrogens is 414 g/mol. The van der Waals surface area contributed by atoms with Crippen molar-refractivity contribution >= 4 is 23.4 Å². The number of hydrogen-bond acceptors (Lipinski definition) is 6. The van der Waals surface area contributed by atoms with Gasteiger partial charge in [0, 0.05) is 24.9 Å². The van der Waals surface area contributed by atoms with Crippen molar-refractivity contribution in [3.05, 3.63) is 69.7 Å². The molecule has 5 rings (SSSR count). The van der Waals surface area contributed by atoms with Gasteiger partial charge < -0.3 is 14.7 Å². The second kappa shape index (κ2) is 8.11. The Kier molecular flexibility index (Phi) is 5.15. The minimum Gasteiger partial charge on any atom is -0.476 e. The van der Waals surface area contributed by atoms with E-state index in [9.17, 15) is 9.59 Å². The number of hydrogen-bond donors (Lipinski definition) is 1. The minimum absolute atomic E-state index is 0.0140. The largest absolute Gasteiger partial charge is 0.476 e. The lowest BCUT2D eigenvalue weighted by Gasteiger charge is -2.31. The van der Waals surface area contributed by atoms with Gasteiger partial charge in [-0.3, -0.25) is 0 Å². The summed E-state index contributed by atoms with van der Waals surface area (Å²) in [5.41, 5.74) is 4.76. The highest BCUT2D eigenvalue weighted by Gasteiger charge is 2.32. The quantitative estimate of drug-likeness (QED) is 0.654. The first-order valence-corrected chi connectivity index (χ1v) is 11.1. The van der Waals surface area contributed by atoms with Gasteiger partial charge in [-0.2, -0.15) is 0 Å². The maximum atomic E-state index is 12.8. The molecule has 7 nitrogen and oxygen atoms in total. The lowest BCUT2D eigenvalue weighted by molar-refractivity contribution is 0.0695. The molecule has 3 aromatic rings. The molecule has 1 atom stereocenters. The third-order valence-corrected chi connectivity index (χ3v) is 7.06. The Balaban J connectivity index is 1.27. The number of fused-ring (bicyclic) bond motifs is 3. The smallest absolute Gasteiger partial charge is 0.409 e. The third kappa shape index (κ3) is 3.67. The predicted octanol–water partition coefficient (Wildman–Crippen LogP) is 4.36. The molecule has 1 fully saturated rings. The molecule has 0 saturated carbocycles. The fraction of sp³-hybridized carbons (Fsp3) is 0.304. The van der Waals surface area contributed by atoms with Crippen LogP contribution in [0.4, 0.5) is 4.79 Å². The first-order valence-electron chi connectivity index (χ1n) is 10.3. The topological polar surface area (TPSA) is 92.6 Å². The first-order chi connectivity index (χ1) is 15.1. The van der Waals surface area contributed by atoms with Crippen LogP contribution in [-0.4, -0.2) is 52.0 Å². The van der Waals surface area contributed by atoms with Crippen LogP contribution >= 0.6 is 11.3 Å². The van der Waals surface area contributed by atoms with E-state index in [0.717, 1.165) is 24.2 Å². The zero-order chi connectivity index (χ0) is 21.4. The molecule has 0 spiro atoms. The molecule has 1 aliphatic carbocycles. The van der Waals surface area contributed by atoms with Gasteiger partial charge in [-0.1, -0.05) is 59.9 Å². The van der Waals surface area contributed by atoms with Gasteiger partial charge in [-0.05, 0) is 35.1 Å². The Morgan fingerprint density at radius 2 is 1.74 bits per heavy atom. The number of carboxylic acid groups (broad SMARTS) is 1. The average Bonchev–Trinajstić information content (AvgIpc) is 3.42. The summed E-state index contributed by atoms with van der Waals surface area (Å²) in [5.74, 6) is -1.06. The van der Waals surface area contributed by atoms with Crippen LogP contribution in [0.2, 0.25) is 0 Å². The van der Waals surface area contributed by atoms with E-state index in [-0.39, 0.29) is 29.5 Å². The number of nitrogens with zero attached hydrogens (tertiary/aromatic N) is 3. The molecule has 158 valence electrons. The van der Waals surface area contributed by atoms with Gasteiger partial charge in [0.05, 0.1) is 0 Å². The molecule has 0 radical (unpaired) electrons. The Bertz CT molecular complexity index is 1100. The molecule has 1 N–H and O–H groups in total. The number of carbonyl (C=O) groups is 2. The third-order valence-electron chi connectivity index (χ3n) is 5.99. The number of amides is 1. The molecule has 2 aliphatic rings. The molecule has 1 aliphatic heterocycles. The molecule has 2 heterocycles. The number of aromatic nitrogens is 2. The second-order valence-electron chi connectivity index (χ2n) is 7.84. The molecule has 1 amide bonds. The van der Waals surface area contributed by atoms with Crippen molar-refractivity contribution in [2.24, 2.45) is 0 Å². The van der Waals surface area contributed by atoms with Gasteiger partial charge in [0.1, 0.15) is 11.6 Å². The number of aromatic carboxylic acids is 1. The van der Waals surface area contributed by atoms with Crippen molar-refractivity contribution in [1.82, 2.24) is 15.1 Å². The zero-order valence-electron chi connectivity index (χ0n) is 16.7. The average molecular weight is 436 g/mol. The monoisotopic (exact) mass is 435 g/mol. The van der Waals surface area contributed by atoms with Crippen molar-refractivity contribution in [3.63, 3.8) is 0 Å². The number of benzene rings is 2. The summed E-state index contributed by atoms with van der Waals surface area (Å²) in [6.07, 6.45) is 1.33. The Hall–Kier alpha value is -3.26. The van der Waals surface area contributed by atoms with E-state index in [1.807, 2.05) is 24.3 Å². The fourth-order valence-electron chi connectivity index (χ4n) is 4.52. The minimum atomic E-state index is -1.08. The number of piperidine rings is 1. The van der Waals surface area contributed by atoms with E-state index in [0.29, 0.717) is 18.1 Å². The van der Waals surface area contributed by atoms with Gasteiger partial charge >= 0.3 is 12.1 Å². The van der Waals surface area contributed by atoms with Crippen LogP contribution in [0.3, 0.4) is 0 Å². The van der Waals surface area contributed by atoms with Crippen LogP contribution in [0.5, 0.6) is 0 Å². The summed E-state index contributed by atoms with van der Waals surface area (Å²) < 4.78 is 5.77. The van der Waals surface area contributed by atoms with Crippen LogP contribution in [0.15, 0.2) is 48.5 Å². The van der Waals surface area contributed by atoms with Crippen molar-refractivity contribution in [2.45, 2.75) is 24.7 Å². The Labute approximate surface area is 183 Å². The maximum absolute atomic E-state index is 12.8. The Morgan fingerprint density at radius 3 is 2.39 bits per heavy atom. The molecule has 31 heavy (non-hydrogen) atoms. The van der Waals surface area contributed by atoms with Crippen LogP contribution in [-0.2, 0) is 4.74 Å². The number of rotatable bonds is 4. The summed E-state index contributed by atoms with van der Waals surface area (Å²) in [7, 11) is 0. The van der Waals surface area contributed by atoms with Gasteiger partial charge in [-0.25, -0.2) is 9.59 Å². The molecule has 0 bridgehead atoms. The molecular formula is C23H21N3O4S. The van der Waals surface area contributed by atoms with Gasteiger partial charge in [0.2, 0.25) is 5.01 Å². The standard InChI is InChI=1S/C23H21N3O4S/c27-22(28)21-25-24-20(31-21)14-6-5-11-26(12-14)23(29)30-13-19-17-9-3-1-7-15(17)16-8-2-4-10-18(16)19/h1-4,7-10,14,19H,5-6,11-13H2,(H,27,28). The molecule has 1 unspecified atom stereocenters. The van der Waals surface area contributed by atoms with Gasteiger partial charge in [0.25, 0.3) is 0 Å². The van der Waals surface area contributed by atoms with E-state index < -0.39 is 5.97 Å². The molecule has 1 saturated heterocycles. The number of carbonyl (C=O) groups excluding carboxylic acids is 1. The van der Waals surface area contributed by atoms with Crippen molar-refractivity contribution in [1.29, 1.82) is 0 Å². The van der Waals surface area contributed by atoms with Crippen molar-refractivity contribution < 1.29 is 19.4 Å². The first kappa shape index (κ1) is 19.7. The molecule has 2 aromatic carbocycles. The van der Waals surface area contributed by atoms with Crippen LogP contribution in [0, 0.1) is 0 Å². The number of likely N-dealkylation sites (tertiary alicyclic amines) is 1. The summed E-state index contributed by atoms with van der Waals surface area (Å²) in [4.78, 5) is 25.6. The highest BCUT2D eigenvalue weighted by molar-refractivity contribution is 7.13. The molecule has 1 aromatic heterocycles. The zero-order valence-corrected chi connectivity index (χ0v) is 17.5. The van der Waals surface area contributed by atoms with E-state index in [1.54, 1.807) is 4.90 Å². The SMILES string of the molecule is O=C(O)c1nnc(C2CCCN(C(=O)OCC3c4ccccc4-c4ccccc43)C2)s1. The highest BCUT2D eigenvalue weighted by atomic mass is 32.1. The summed E-state index contributed by atoms with van der Waals surface area (Å²) in [5, 5.41) is 17.5. The number of carboxylic acids is 1. The normalized spacial score (nSPS) is 17.8. The van der Waals surface area contributed by atoms with Crippen LogP contribution < -0.4 is 0 Å². The highest BCUT2D eigenvalue weighted by Crippen LogP contribution is 2.44. The van der Waals surface area contributed by atoms with E-state index in [4.69, 9.17) is 9.84 Å². The van der Waals surface area contributed by atoms with E-state index in [2.05, 4.69) is 34.5 Å². The van der Waals surface area contributed by atoms with Crippen molar-refractivity contribution in [3.8, 4) is 11.1 Å². The van der Waals surface area contributed by atoms with Crippen LogP contribution in [0.25, 0.3) is 11.1 Å². The molecule has 8 heteroatoms. The van der Waals surface area contributed by atoms with Gasteiger partial charge in [0.15, 0.2) is 0 Å². The summed E-state index contributed by atoms with van der Waals surface area (Å²) in [6.45, 7) is 1.37. The predicted molar refractivity (Wildman–Crippen MR) is 115 cm³/mol. The van der Waals surface area contributed by atoms with Crippen molar-refractivity contribution in [2.75, 3.05) is 19.7 Å². The maximum Gasteiger partial charge on any atom is 0.409 e. The fourth-order valence-corrected chi connectivity index (χ4v) is 5.32. The Morgan fingerprint density at radius 1 is 1.06 bits per heavy atom. The van der Waals surface area contributed by atoms with Gasteiger partial charge in [-0.15, -0.1) is 10.2 Å². The lowest BCUT2D eigenvalue weighted by Crippen LogP contribution is -2.39. The number of ether oxygens (including phenoxy) is 1. The summed E-state index contributed by atoms with van der Waals surface area (Å²) in [6, 6.07) is 16.5. The van der Waals surface area contributed by atoms with Crippen LogP contribution in [0.1, 0.15) is 50.6 Å². The summed E-state index contributed by atoms with van der Waals surface area (Å²) >= 11 is 1.08. The second-order valence-corrected chi connectivity index (χ2v) is 8.85. The van der Waals surface area contributed by atoms with E-state index in [1.165, 1.54) is 22.3 Å². The van der Waals surface area contributed by atoms with E-state index >= 15 is 0 Å². The lowest BCUT2D eigenvalue weighted by atomic mass is 9.98.